The van der Waals surface area contributed by atoms with Crippen molar-refractivity contribution in [1.29, 1.82) is 0 Å². The number of amides is 1. The first-order valence-corrected chi connectivity index (χ1v) is 10.00. The molecule has 0 atom stereocenters. The van der Waals surface area contributed by atoms with Gasteiger partial charge >= 0.3 is 0 Å². The fourth-order valence-corrected chi connectivity index (χ4v) is 3.60. The van der Waals surface area contributed by atoms with Crippen LogP contribution in [0.3, 0.4) is 0 Å². The van der Waals surface area contributed by atoms with E-state index in [4.69, 9.17) is 11.6 Å². The van der Waals surface area contributed by atoms with Gasteiger partial charge in [0.2, 0.25) is 15.9 Å². The standard InChI is InChI=1S/C18H19ClN4O3S/c1-23(2)27(25,26)14-6-3-12(4-7-14)11-20-18(24)10-17-21-15-8-5-13(19)9-16(15)22-17/h3-9H,10-11H2,1-2H3,(H,20,24)(H,21,22). The van der Waals surface area contributed by atoms with Crippen LogP contribution in [0.1, 0.15) is 11.4 Å². The number of nitrogens with one attached hydrogen (secondary N) is 2. The summed E-state index contributed by atoms with van der Waals surface area (Å²) in [5.41, 5.74) is 2.33. The number of fused-ring (bicyclic) bond motifs is 1. The maximum atomic E-state index is 12.1. The molecule has 3 rings (SSSR count). The summed E-state index contributed by atoms with van der Waals surface area (Å²) in [5, 5.41) is 3.40. The Balaban J connectivity index is 1.60. The van der Waals surface area contributed by atoms with E-state index >= 15 is 0 Å². The van der Waals surface area contributed by atoms with Crippen molar-refractivity contribution in [3.63, 3.8) is 0 Å². The Morgan fingerprint density at radius 3 is 2.56 bits per heavy atom. The van der Waals surface area contributed by atoms with E-state index in [0.29, 0.717) is 17.4 Å². The molecular formula is C18H19ClN4O3S. The van der Waals surface area contributed by atoms with Gasteiger partial charge in [0, 0.05) is 25.7 Å². The molecule has 0 unspecified atom stereocenters. The Hall–Kier alpha value is -2.42. The monoisotopic (exact) mass is 406 g/mol. The number of sulfonamides is 1. The van der Waals surface area contributed by atoms with Crippen LogP contribution in [0.25, 0.3) is 11.0 Å². The third-order valence-corrected chi connectivity index (χ3v) is 6.08. The van der Waals surface area contributed by atoms with E-state index in [2.05, 4.69) is 15.3 Å². The van der Waals surface area contributed by atoms with Gasteiger partial charge in [0.25, 0.3) is 0 Å². The summed E-state index contributed by atoms with van der Waals surface area (Å²) < 4.78 is 25.2. The molecule has 1 aromatic heterocycles. The van der Waals surface area contributed by atoms with Crippen molar-refractivity contribution in [1.82, 2.24) is 19.6 Å². The number of carbonyl (C=O) groups is 1. The molecule has 0 radical (unpaired) electrons. The lowest BCUT2D eigenvalue weighted by Gasteiger charge is -2.11. The van der Waals surface area contributed by atoms with Crippen LogP contribution in [-0.2, 0) is 27.8 Å². The van der Waals surface area contributed by atoms with Crippen LogP contribution in [0.15, 0.2) is 47.4 Å². The maximum absolute atomic E-state index is 12.1. The largest absolute Gasteiger partial charge is 0.352 e. The zero-order chi connectivity index (χ0) is 19.6. The Labute approximate surface area is 162 Å². The lowest BCUT2D eigenvalue weighted by atomic mass is 10.2. The topological polar surface area (TPSA) is 95.2 Å². The fourth-order valence-electron chi connectivity index (χ4n) is 2.52. The minimum Gasteiger partial charge on any atom is -0.352 e. The molecule has 2 N–H and O–H groups in total. The van der Waals surface area contributed by atoms with Crippen molar-refractivity contribution in [2.24, 2.45) is 0 Å². The average Bonchev–Trinajstić information content (AvgIpc) is 3.01. The molecule has 1 amide bonds. The third-order valence-electron chi connectivity index (χ3n) is 4.01. The first kappa shape index (κ1) is 19.3. The van der Waals surface area contributed by atoms with Gasteiger partial charge in [-0.3, -0.25) is 4.79 Å². The predicted octanol–water partition coefficient (Wildman–Crippen LogP) is 2.33. The summed E-state index contributed by atoms with van der Waals surface area (Å²) in [4.78, 5) is 19.8. The second-order valence-corrected chi connectivity index (χ2v) is 8.82. The number of H-pyrrole nitrogens is 1. The number of carbonyl (C=O) groups excluding carboxylic acids is 1. The highest BCUT2D eigenvalue weighted by Crippen LogP contribution is 2.17. The van der Waals surface area contributed by atoms with Gasteiger partial charge in [0.15, 0.2) is 0 Å². The zero-order valence-corrected chi connectivity index (χ0v) is 16.4. The van der Waals surface area contributed by atoms with E-state index in [-0.39, 0.29) is 17.2 Å². The molecule has 142 valence electrons. The highest BCUT2D eigenvalue weighted by atomic mass is 35.5. The predicted molar refractivity (Wildman–Crippen MR) is 104 cm³/mol. The van der Waals surface area contributed by atoms with E-state index in [1.807, 2.05) is 0 Å². The normalized spacial score (nSPS) is 11.9. The number of hydrogen-bond acceptors (Lipinski definition) is 4. The molecule has 0 saturated heterocycles. The maximum Gasteiger partial charge on any atom is 0.242 e. The number of imidazole rings is 1. The Morgan fingerprint density at radius 2 is 1.89 bits per heavy atom. The van der Waals surface area contributed by atoms with Crippen LogP contribution >= 0.6 is 11.6 Å². The van der Waals surface area contributed by atoms with Crippen molar-refractivity contribution in [2.45, 2.75) is 17.9 Å². The molecule has 0 aliphatic rings. The van der Waals surface area contributed by atoms with Gasteiger partial charge in [-0.1, -0.05) is 23.7 Å². The molecule has 0 aliphatic carbocycles. The van der Waals surface area contributed by atoms with E-state index in [9.17, 15) is 13.2 Å². The second-order valence-electron chi connectivity index (χ2n) is 6.23. The fraction of sp³-hybridized carbons (Fsp3) is 0.222. The first-order valence-electron chi connectivity index (χ1n) is 8.18. The molecule has 0 saturated carbocycles. The minimum absolute atomic E-state index is 0.111. The number of hydrogen-bond donors (Lipinski definition) is 2. The van der Waals surface area contributed by atoms with Gasteiger partial charge in [0.1, 0.15) is 5.82 Å². The van der Waals surface area contributed by atoms with Crippen LogP contribution < -0.4 is 5.32 Å². The number of aromatic amines is 1. The highest BCUT2D eigenvalue weighted by molar-refractivity contribution is 7.89. The number of aromatic nitrogens is 2. The molecule has 0 fully saturated rings. The van der Waals surface area contributed by atoms with Gasteiger partial charge in [-0.15, -0.1) is 0 Å². The van der Waals surface area contributed by atoms with Crippen LogP contribution in [-0.4, -0.2) is 42.7 Å². The minimum atomic E-state index is -3.46. The summed E-state index contributed by atoms with van der Waals surface area (Å²) in [6, 6.07) is 11.7. The van der Waals surface area contributed by atoms with E-state index in [0.717, 1.165) is 20.9 Å². The van der Waals surface area contributed by atoms with Gasteiger partial charge < -0.3 is 10.3 Å². The third kappa shape index (κ3) is 4.47. The summed E-state index contributed by atoms with van der Waals surface area (Å²) in [7, 11) is -0.494. The van der Waals surface area contributed by atoms with Crippen LogP contribution in [0.4, 0.5) is 0 Å². The van der Waals surface area contributed by atoms with Crippen molar-refractivity contribution in [3.8, 4) is 0 Å². The zero-order valence-electron chi connectivity index (χ0n) is 14.9. The summed E-state index contributed by atoms with van der Waals surface area (Å²) in [5.74, 6) is 0.363. The van der Waals surface area contributed by atoms with Crippen molar-refractivity contribution in [2.75, 3.05) is 14.1 Å². The molecule has 0 aliphatic heterocycles. The van der Waals surface area contributed by atoms with E-state index in [1.54, 1.807) is 30.3 Å². The molecule has 0 spiro atoms. The summed E-state index contributed by atoms with van der Waals surface area (Å²) >= 11 is 5.94. The number of nitrogens with zero attached hydrogens (tertiary/aromatic N) is 2. The van der Waals surface area contributed by atoms with E-state index in [1.165, 1.54) is 26.2 Å². The molecule has 2 aromatic carbocycles. The van der Waals surface area contributed by atoms with E-state index < -0.39 is 10.0 Å². The lowest BCUT2D eigenvalue weighted by molar-refractivity contribution is -0.120. The molecular weight excluding hydrogens is 388 g/mol. The molecule has 7 nitrogen and oxygen atoms in total. The van der Waals surface area contributed by atoms with Crippen LogP contribution in [0.2, 0.25) is 5.02 Å². The van der Waals surface area contributed by atoms with Gasteiger partial charge in [-0.2, -0.15) is 0 Å². The van der Waals surface area contributed by atoms with Gasteiger partial charge in [0.05, 0.1) is 22.3 Å². The molecule has 27 heavy (non-hydrogen) atoms. The van der Waals surface area contributed by atoms with Crippen molar-refractivity contribution in [3.05, 3.63) is 58.9 Å². The molecule has 0 bridgehead atoms. The number of benzene rings is 2. The summed E-state index contributed by atoms with van der Waals surface area (Å²) in [6.07, 6.45) is 0.111. The van der Waals surface area contributed by atoms with Crippen LogP contribution in [0.5, 0.6) is 0 Å². The van der Waals surface area contributed by atoms with Crippen molar-refractivity contribution >= 4 is 38.6 Å². The van der Waals surface area contributed by atoms with Gasteiger partial charge in [-0.05, 0) is 35.9 Å². The van der Waals surface area contributed by atoms with Crippen LogP contribution in [0, 0.1) is 0 Å². The average molecular weight is 407 g/mol. The van der Waals surface area contributed by atoms with Gasteiger partial charge in [-0.25, -0.2) is 17.7 Å². The molecule has 9 heteroatoms. The Kier molecular flexibility index (Phi) is 5.50. The smallest absolute Gasteiger partial charge is 0.242 e. The number of halogens is 1. The number of rotatable bonds is 6. The quantitative estimate of drug-likeness (QED) is 0.656. The van der Waals surface area contributed by atoms with Crippen molar-refractivity contribution < 1.29 is 13.2 Å². The Bertz CT molecular complexity index is 1080. The summed E-state index contributed by atoms with van der Waals surface area (Å²) in [6.45, 7) is 0.299. The SMILES string of the molecule is CN(C)S(=O)(=O)c1ccc(CNC(=O)Cc2nc3ccc(Cl)cc3[nH]2)cc1. The lowest BCUT2D eigenvalue weighted by Crippen LogP contribution is -2.25. The first-order chi connectivity index (χ1) is 12.8. The molecule has 1 heterocycles. The molecule has 3 aromatic rings. The Morgan fingerprint density at radius 1 is 1.19 bits per heavy atom. The highest BCUT2D eigenvalue weighted by Gasteiger charge is 2.16. The second kappa shape index (κ2) is 7.67.